The number of nitrogens with one attached hydrogen (secondary N) is 2. The fourth-order valence-electron chi connectivity index (χ4n) is 2.60. The van der Waals surface area contributed by atoms with E-state index in [1.165, 1.54) is 19.1 Å². The highest BCUT2D eigenvalue weighted by molar-refractivity contribution is 6.17. The molecule has 1 saturated carbocycles. The molecule has 5 nitrogen and oxygen atoms in total. The minimum Gasteiger partial charge on any atom is -0.325 e. The number of rotatable bonds is 5. The summed E-state index contributed by atoms with van der Waals surface area (Å²) in [7, 11) is 0. The number of halogens is 2. The number of anilines is 2. The fourth-order valence-corrected chi connectivity index (χ4v) is 2.60. The van der Waals surface area contributed by atoms with Crippen LogP contribution in [0, 0.1) is 17.0 Å². The van der Waals surface area contributed by atoms with Gasteiger partial charge in [-0.05, 0) is 44.0 Å². The van der Waals surface area contributed by atoms with Crippen molar-refractivity contribution in [3.8, 4) is 0 Å². The van der Waals surface area contributed by atoms with Crippen LogP contribution in [0.15, 0.2) is 42.5 Å². The molecule has 7 heteroatoms. The molecule has 1 aliphatic rings. The van der Waals surface area contributed by atoms with E-state index < -0.39 is 34.6 Å². The Kier molecular flexibility index (Phi) is 4.54. The third-order valence-electron chi connectivity index (χ3n) is 4.35. The summed E-state index contributed by atoms with van der Waals surface area (Å²) in [5.41, 5.74) is -1.15. The summed E-state index contributed by atoms with van der Waals surface area (Å²) < 4.78 is 27.4. The Morgan fingerprint density at radius 3 is 2.08 bits per heavy atom. The maximum absolute atomic E-state index is 13.7. The van der Waals surface area contributed by atoms with Crippen LogP contribution in [-0.2, 0) is 9.59 Å². The second-order valence-corrected chi connectivity index (χ2v) is 6.22. The summed E-state index contributed by atoms with van der Waals surface area (Å²) in [6, 6.07) is 9.54. The van der Waals surface area contributed by atoms with E-state index in [2.05, 4.69) is 10.6 Å². The molecule has 1 aliphatic carbocycles. The Morgan fingerprint density at radius 1 is 0.923 bits per heavy atom. The molecule has 0 unspecified atom stereocenters. The molecular weight excluding hydrogens is 342 g/mol. The quantitative estimate of drug-likeness (QED) is 0.634. The Balaban J connectivity index is 1.76. The number of carbonyl (C=O) groups is 3. The van der Waals surface area contributed by atoms with E-state index >= 15 is 0 Å². The highest BCUT2D eigenvalue weighted by Crippen LogP contribution is 2.47. The summed E-state index contributed by atoms with van der Waals surface area (Å²) in [6.07, 6.45) is 0.542. The van der Waals surface area contributed by atoms with E-state index in [9.17, 15) is 23.2 Å². The van der Waals surface area contributed by atoms with Crippen molar-refractivity contribution in [3.05, 3.63) is 59.7 Å². The fraction of sp³-hybridized carbons (Fsp3) is 0.211. The molecule has 2 aromatic rings. The normalized spacial score (nSPS) is 14.4. The number of carbonyl (C=O) groups excluding carboxylic acids is 3. The van der Waals surface area contributed by atoms with Crippen LogP contribution in [0.2, 0.25) is 0 Å². The number of hydrogen-bond donors (Lipinski definition) is 2. The van der Waals surface area contributed by atoms with E-state index in [1.807, 2.05) is 0 Å². The molecular formula is C19H16F2N2O3. The summed E-state index contributed by atoms with van der Waals surface area (Å²) in [4.78, 5) is 36.4. The van der Waals surface area contributed by atoms with Crippen LogP contribution in [0.3, 0.4) is 0 Å². The smallest absolute Gasteiger partial charge is 0.240 e. The highest BCUT2D eigenvalue weighted by Gasteiger charge is 2.56. The van der Waals surface area contributed by atoms with Gasteiger partial charge >= 0.3 is 0 Å². The van der Waals surface area contributed by atoms with Gasteiger partial charge in [-0.2, -0.15) is 0 Å². The van der Waals surface area contributed by atoms with E-state index in [4.69, 9.17) is 0 Å². The minimum absolute atomic E-state index is 0.157. The van der Waals surface area contributed by atoms with Gasteiger partial charge in [-0.3, -0.25) is 14.4 Å². The van der Waals surface area contributed by atoms with E-state index in [1.54, 1.807) is 18.2 Å². The van der Waals surface area contributed by atoms with Crippen LogP contribution in [-0.4, -0.2) is 17.6 Å². The van der Waals surface area contributed by atoms with Crippen molar-refractivity contribution in [3.63, 3.8) is 0 Å². The highest BCUT2D eigenvalue weighted by atomic mass is 19.1. The maximum Gasteiger partial charge on any atom is 0.240 e. The molecule has 26 heavy (non-hydrogen) atoms. The number of para-hydroxylation sites is 1. The average Bonchev–Trinajstić information content (AvgIpc) is 3.40. The first-order chi connectivity index (χ1) is 12.3. The average molecular weight is 358 g/mol. The van der Waals surface area contributed by atoms with Gasteiger partial charge in [-0.25, -0.2) is 8.78 Å². The lowest BCUT2D eigenvalue weighted by Crippen LogP contribution is -2.36. The van der Waals surface area contributed by atoms with Gasteiger partial charge in [0, 0.05) is 11.3 Å². The van der Waals surface area contributed by atoms with Crippen LogP contribution in [0.25, 0.3) is 0 Å². The van der Waals surface area contributed by atoms with Crippen LogP contribution >= 0.6 is 0 Å². The second kappa shape index (κ2) is 6.67. The molecule has 3 rings (SSSR count). The monoisotopic (exact) mass is 358 g/mol. The van der Waals surface area contributed by atoms with Gasteiger partial charge in [0.05, 0.1) is 0 Å². The zero-order valence-corrected chi connectivity index (χ0v) is 13.9. The molecule has 0 saturated heterocycles. The largest absolute Gasteiger partial charge is 0.325 e. The molecule has 0 radical (unpaired) electrons. The summed E-state index contributed by atoms with van der Waals surface area (Å²) >= 11 is 0. The Morgan fingerprint density at radius 2 is 1.50 bits per heavy atom. The van der Waals surface area contributed by atoms with Crippen molar-refractivity contribution in [1.29, 1.82) is 0 Å². The zero-order valence-electron chi connectivity index (χ0n) is 13.9. The standard InChI is InChI=1S/C19H16F2N2O3/c1-11(24)12-4-2-5-13(10-12)22-17(25)19(8-9-19)18(26)23-16-14(20)6-3-7-15(16)21/h2-7,10H,8-9H2,1H3,(H,22,25)(H,23,26). The van der Waals surface area contributed by atoms with Gasteiger partial charge in [0.2, 0.25) is 11.8 Å². The van der Waals surface area contributed by atoms with Crippen LogP contribution in [0.5, 0.6) is 0 Å². The van der Waals surface area contributed by atoms with Crippen molar-refractivity contribution in [2.45, 2.75) is 19.8 Å². The van der Waals surface area contributed by atoms with Crippen LogP contribution in [0.1, 0.15) is 30.1 Å². The van der Waals surface area contributed by atoms with Crippen LogP contribution in [0.4, 0.5) is 20.2 Å². The topological polar surface area (TPSA) is 75.3 Å². The molecule has 134 valence electrons. The molecule has 0 bridgehead atoms. The second-order valence-electron chi connectivity index (χ2n) is 6.22. The molecule has 0 aromatic heterocycles. The predicted octanol–water partition coefficient (Wildman–Crippen LogP) is 3.52. The molecule has 0 heterocycles. The summed E-state index contributed by atoms with van der Waals surface area (Å²) in [5, 5.41) is 4.77. The molecule has 2 aromatic carbocycles. The lowest BCUT2D eigenvalue weighted by Gasteiger charge is -2.16. The molecule has 0 aliphatic heterocycles. The lowest BCUT2D eigenvalue weighted by molar-refractivity contribution is -0.131. The van der Waals surface area contributed by atoms with Crippen LogP contribution < -0.4 is 10.6 Å². The Bertz CT molecular complexity index is 887. The number of Topliss-reactive ketones (excluding diaryl/α,β-unsaturated/α-hetero) is 1. The van der Waals surface area contributed by atoms with E-state index in [0.29, 0.717) is 11.3 Å². The molecule has 1 fully saturated rings. The number of benzene rings is 2. The third kappa shape index (κ3) is 3.33. The van der Waals surface area contributed by atoms with Gasteiger partial charge in [0.1, 0.15) is 22.7 Å². The first-order valence-corrected chi connectivity index (χ1v) is 8.01. The van der Waals surface area contributed by atoms with Gasteiger partial charge in [-0.15, -0.1) is 0 Å². The van der Waals surface area contributed by atoms with Crippen molar-refractivity contribution < 1.29 is 23.2 Å². The lowest BCUT2D eigenvalue weighted by atomic mass is 10.0. The van der Waals surface area contributed by atoms with Gasteiger partial charge in [0.15, 0.2) is 5.78 Å². The number of amides is 2. The van der Waals surface area contributed by atoms with Crippen molar-refractivity contribution >= 4 is 29.0 Å². The molecule has 0 atom stereocenters. The summed E-state index contributed by atoms with van der Waals surface area (Å²) in [6.45, 7) is 1.40. The number of hydrogen-bond acceptors (Lipinski definition) is 3. The first-order valence-electron chi connectivity index (χ1n) is 8.01. The minimum atomic E-state index is -1.37. The molecule has 0 spiro atoms. The predicted molar refractivity (Wildman–Crippen MR) is 91.7 cm³/mol. The van der Waals surface area contributed by atoms with Gasteiger partial charge < -0.3 is 10.6 Å². The molecule has 2 amide bonds. The van der Waals surface area contributed by atoms with E-state index in [0.717, 1.165) is 12.1 Å². The number of ketones is 1. The van der Waals surface area contributed by atoms with Crippen molar-refractivity contribution in [2.75, 3.05) is 10.6 Å². The third-order valence-corrected chi connectivity index (χ3v) is 4.35. The van der Waals surface area contributed by atoms with Gasteiger partial charge in [-0.1, -0.05) is 18.2 Å². The van der Waals surface area contributed by atoms with Crippen molar-refractivity contribution in [1.82, 2.24) is 0 Å². The maximum atomic E-state index is 13.7. The van der Waals surface area contributed by atoms with Crippen molar-refractivity contribution in [2.24, 2.45) is 5.41 Å². The van der Waals surface area contributed by atoms with E-state index in [-0.39, 0.29) is 18.6 Å². The summed E-state index contributed by atoms with van der Waals surface area (Å²) in [5.74, 6) is -3.32. The Hall–Kier alpha value is -3.09. The van der Waals surface area contributed by atoms with Gasteiger partial charge in [0.25, 0.3) is 0 Å². The molecule has 2 N–H and O–H groups in total. The zero-order chi connectivity index (χ0) is 18.9. The Labute approximate surface area is 148 Å². The first kappa shape index (κ1) is 17.7. The SMILES string of the molecule is CC(=O)c1cccc(NC(=O)C2(C(=O)Nc3c(F)cccc3F)CC2)c1.